The smallest absolute Gasteiger partial charge is 0.256 e. The van der Waals surface area contributed by atoms with Gasteiger partial charge in [0.05, 0.1) is 23.6 Å². The molecule has 0 aromatic carbocycles. The average Bonchev–Trinajstić information content (AvgIpc) is 3.07. The Hall–Kier alpha value is -2.37. The maximum atomic E-state index is 12.9. The first kappa shape index (κ1) is 23.9. The summed E-state index contributed by atoms with van der Waals surface area (Å²) in [5.41, 5.74) is 1.93. The molecule has 30 heavy (non-hydrogen) atoms. The summed E-state index contributed by atoms with van der Waals surface area (Å²) in [5, 5.41) is 3.09. The van der Waals surface area contributed by atoms with Crippen LogP contribution in [-0.2, 0) is 4.79 Å². The Morgan fingerprint density at radius 3 is 2.47 bits per heavy atom. The van der Waals surface area contributed by atoms with Gasteiger partial charge < -0.3 is 14.6 Å². The summed E-state index contributed by atoms with van der Waals surface area (Å²) in [4.78, 5) is 31.1. The van der Waals surface area contributed by atoms with E-state index in [1.807, 2.05) is 27.6 Å². The van der Waals surface area contributed by atoms with Crippen LogP contribution in [0.4, 0.5) is 0 Å². The molecule has 1 saturated heterocycles. The molecule has 0 spiro atoms. The Balaban J connectivity index is 0.000000575. The normalized spacial score (nSPS) is 17.3. The number of aromatic nitrogens is 2. The third kappa shape index (κ3) is 7.81. The summed E-state index contributed by atoms with van der Waals surface area (Å²) in [7, 11) is 0. The minimum atomic E-state index is -0.0358. The number of likely N-dealkylation sites (tertiary alicyclic amines) is 1. The van der Waals surface area contributed by atoms with Gasteiger partial charge in [0.25, 0.3) is 5.91 Å². The Morgan fingerprint density at radius 2 is 1.83 bits per heavy atom. The highest BCUT2D eigenvalue weighted by molar-refractivity contribution is 6.00. The molecular formula is C24H38N4O2. The maximum absolute atomic E-state index is 12.9. The van der Waals surface area contributed by atoms with E-state index in [0.29, 0.717) is 23.9 Å². The number of fused-ring (bicyclic) bond motifs is 1. The van der Waals surface area contributed by atoms with Crippen LogP contribution in [0.25, 0.3) is 5.52 Å². The van der Waals surface area contributed by atoms with Gasteiger partial charge in [-0.25, -0.2) is 4.98 Å². The van der Waals surface area contributed by atoms with Crippen molar-refractivity contribution in [1.82, 2.24) is 19.6 Å². The van der Waals surface area contributed by atoms with Crippen LogP contribution in [0.2, 0.25) is 0 Å². The van der Waals surface area contributed by atoms with Crippen LogP contribution >= 0.6 is 0 Å². The van der Waals surface area contributed by atoms with Gasteiger partial charge in [-0.1, -0.05) is 48.5 Å². The topological polar surface area (TPSA) is 66.7 Å². The zero-order valence-corrected chi connectivity index (χ0v) is 19.7. The molecule has 1 aliphatic rings. The molecule has 0 saturated carbocycles. The number of carbonyl (C=O) groups is 2. The van der Waals surface area contributed by atoms with Crippen molar-refractivity contribution in [2.75, 3.05) is 13.1 Å². The van der Waals surface area contributed by atoms with E-state index >= 15 is 0 Å². The van der Waals surface area contributed by atoms with Gasteiger partial charge in [0, 0.05) is 31.7 Å². The fraction of sp³-hybridized carbons (Fsp3) is 0.625. The number of rotatable bonds is 3. The molecular weight excluding hydrogens is 376 g/mol. The number of nitrogens with zero attached hydrogens (tertiary/aromatic N) is 3. The first-order valence-corrected chi connectivity index (χ1v) is 10.8. The number of imidazole rings is 1. The van der Waals surface area contributed by atoms with E-state index in [9.17, 15) is 9.59 Å². The van der Waals surface area contributed by atoms with Gasteiger partial charge in [0.1, 0.15) is 0 Å². The third-order valence-electron chi connectivity index (χ3n) is 4.45. The van der Waals surface area contributed by atoms with E-state index in [1.54, 1.807) is 12.5 Å². The summed E-state index contributed by atoms with van der Waals surface area (Å²) >= 11 is 0. The van der Waals surface area contributed by atoms with Crippen LogP contribution in [0.1, 0.15) is 78.1 Å². The van der Waals surface area contributed by atoms with Crippen LogP contribution in [-0.4, -0.2) is 45.2 Å². The number of hydrogen-bond donors (Lipinski definition) is 1. The van der Waals surface area contributed by atoms with Gasteiger partial charge in [-0.3, -0.25) is 9.59 Å². The number of piperidine rings is 1. The van der Waals surface area contributed by atoms with Crippen LogP contribution < -0.4 is 5.32 Å². The second kappa shape index (κ2) is 9.63. The van der Waals surface area contributed by atoms with Crippen molar-refractivity contribution in [3.63, 3.8) is 0 Å². The number of hydrogen-bond acceptors (Lipinski definition) is 3. The second-order valence-corrected chi connectivity index (χ2v) is 11.0. The lowest BCUT2D eigenvalue weighted by Crippen LogP contribution is -2.50. The van der Waals surface area contributed by atoms with Crippen molar-refractivity contribution in [2.24, 2.45) is 10.8 Å². The van der Waals surface area contributed by atoms with Gasteiger partial charge in [-0.15, -0.1) is 0 Å². The minimum Gasteiger partial charge on any atom is -0.352 e. The van der Waals surface area contributed by atoms with Crippen molar-refractivity contribution in [2.45, 2.75) is 73.8 Å². The molecule has 1 aliphatic heterocycles. The quantitative estimate of drug-likeness (QED) is 0.801. The van der Waals surface area contributed by atoms with Crippen LogP contribution in [0, 0.1) is 10.8 Å². The van der Waals surface area contributed by atoms with Gasteiger partial charge >= 0.3 is 0 Å². The molecule has 0 radical (unpaired) electrons. The predicted molar refractivity (Wildman–Crippen MR) is 121 cm³/mol. The number of carbonyl (C=O) groups excluding carboxylic acids is 2. The Labute approximate surface area is 181 Å². The Morgan fingerprint density at radius 1 is 1.17 bits per heavy atom. The first-order chi connectivity index (χ1) is 13.8. The number of amides is 2. The largest absolute Gasteiger partial charge is 0.352 e. The SMILES string of the molecule is CC(C)(C)C.CC(C)(C)CC(=O)NC1CCCN(C(=O)c2cccn3cncc23)C1. The van der Waals surface area contributed by atoms with E-state index in [2.05, 4.69) is 58.8 Å². The third-order valence-corrected chi connectivity index (χ3v) is 4.45. The summed E-state index contributed by atoms with van der Waals surface area (Å²) in [5.74, 6) is 0.0607. The Bertz CT molecular complexity index is 852. The molecule has 1 atom stereocenters. The van der Waals surface area contributed by atoms with Gasteiger partial charge in [-0.2, -0.15) is 0 Å². The van der Waals surface area contributed by atoms with Crippen molar-refractivity contribution in [3.05, 3.63) is 36.4 Å². The monoisotopic (exact) mass is 414 g/mol. The van der Waals surface area contributed by atoms with Crippen molar-refractivity contribution < 1.29 is 9.59 Å². The van der Waals surface area contributed by atoms with E-state index in [4.69, 9.17) is 0 Å². The molecule has 0 aliphatic carbocycles. The molecule has 2 amide bonds. The molecule has 1 unspecified atom stereocenters. The molecule has 3 heterocycles. The van der Waals surface area contributed by atoms with E-state index in [0.717, 1.165) is 24.9 Å². The molecule has 2 aromatic rings. The lowest BCUT2D eigenvalue weighted by atomic mass is 9.91. The van der Waals surface area contributed by atoms with Gasteiger partial charge in [0.2, 0.25) is 5.91 Å². The molecule has 6 nitrogen and oxygen atoms in total. The van der Waals surface area contributed by atoms with Crippen LogP contribution in [0.15, 0.2) is 30.9 Å². The second-order valence-electron chi connectivity index (χ2n) is 11.0. The summed E-state index contributed by atoms with van der Waals surface area (Å²) in [6.45, 7) is 16.2. The van der Waals surface area contributed by atoms with Crippen molar-refractivity contribution in [1.29, 1.82) is 0 Å². The maximum Gasteiger partial charge on any atom is 0.256 e. The zero-order chi connectivity index (χ0) is 22.5. The summed E-state index contributed by atoms with van der Waals surface area (Å²) < 4.78 is 1.85. The predicted octanol–water partition coefficient (Wildman–Crippen LogP) is 4.54. The van der Waals surface area contributed by atoms with Crippen LogP contribution in [0.3, 0.4) is 0 Å². The molecule has 3 rings (SSSR count). The van der Waals surface area contributed by atoms with Gasteiger partial charge in [-0.05, 0) is 35.8 Å². The standard InChI is InChI=1S/C19H26N4O2.C5H12/c1-19(2,3)10-17(24)21-14-6-4-8-22(12-14)18(25)15-7-5-9-23-13-20-11-16(15)23;1-5(2,3)4/h5,7,9,11,13-14H,4,6,8,10,12H2,1-3H3,(H,21,24);1-4H3. The lowest BCUT2D eigenvalue weighted by Gasteiger charge is -2.34. The molecule has 2 aromatic heterocycles. The molecule has 1 N–H and O–H groups in total. The minimum absolute atomic E-state index is 0.000806. The zero-order valence-electron chi connectivity index (χ0n) is 19.7. The fourth-order valence-corrected chi connectivity index (χ4v) is 3.34. The summed E-state index contributed by atoms with van der Waals surface area (Å²) in [6.07, 6.45) is 7.58. The lowest BCUT2D eigenvalue weighted by molar-refractivity contribution is -0.123. The Kier molecular flexibility index (Phi) is 7.67. The van der Waals surface area contributed by atoms with Crippen LogP contribution in [0.5, 0.6) is 0 Å². The fourth-order valence-electron chi connectivity index (χ4n) is 3.34. The highest BCUT2D eigenvalue weighted by Crippen LogP contribution is 2.20. The van der Waals surface area contributed by atoms with Crippen molar-refractivity contribution >= 4 is 17.3 Å². The van der Waals surface area contributed by atoms with Gasteiger partial charge in [0.15, 0.2) is 0 Å². The van der Waals surface area contributed by atoms with Crippen molar-refractivity contribution in [3.8, 4) is 0 Å². The first-order valence-electron chi connectivity index (χ1n) is 10.8. The highest BCUT2D eigenvalue weighted by atomic mass is 16.2. The van der Waals surface area contributed by atoms with E-state index in [1.165, 1.54) is 0 Å². The average molecular weight is 415 g/mol. The molecule has 0 bridgehead atoms. The number of nitrogens with one attached hydrogen (secondary N) is 1. The molecule has 1 fully saturated rings. The number of pyridine rings is 1. The molecule has 166 valence electrons. The molecule has 6 heteroatoms. The highest BCUT2D eigenvalue weighted by Gasteiger charge is 2.27. The summed E-state index contributed by atoms with van der Waals surface area (Å²) in [6, 6.07) is 3.72. The van der Waals surface area contributed by atoms with E-state index in [-0.39, 0.29) is 23.3 Å². The van der Waals surface area contributed by atoms with E-state index < -0.39 is 0 Å².